The Kier molecular flexibility index (Phi) is 7.52. The lowest BCUT2D eigenvalue weighted by Gasteiger charge is -2.27. The Morgan fingerprint density at radius 3 is 2.19 bits per heavy atom. The van der Waals surface area contributed by atoms with Gasteiger partial charge in [0.2, 0.25) is 0 Å². The number of nitrogens with zero attached hydrogens (tertiary/aromatic N) is 1. The number of ether oxygens (including phenoxy) is 2. The van der Waals surface area contributed by atoms with E-state index in [1.54, 1.807) is 12.1 Å². The monoisotopic (exact) mass is 355 g/mol. The molecule has 0 heterocycles. The Hall–Kier alpha value is -2.49. The molecule has 0 amide bonds. The van der Waals surface area contributed by atoms with Crippen molar-refractivity contribution in [3.8, 4) is 5.75 Å². The molecule has 2 aromatic rings. The average molecular weight is 355 g/mol. The number of carbonyl (C=O) groups excluding carboxylic acids is 1. The number of hydrogen-bond donors (Lipinski definition) is 0. The van der Waals surface area contributed by atoms with Crippen molar-refractivity contribution >= 4 is 11.8 Å². The molecule has 2 aromatic carbocycles. The van der Waals surface area contributed by atoms with Gasteiger partial charge in [0, 0.05) is 12.2 Å². The van der Waals surface area contributed by atoms with Crippen LogP contribution in [0, 0.1) is 0 Å². The minimum atomic E-state index is -0.654. The SMILES string of the molecule is CCC(CN(CC)c1ccccc1)OC(=O)Oc1ccc(C(C)C)cc1. The number of carbonyl (C=O) groups is 1. The number of benzene rings is 2. The minimum absolute atomic E-state index is 0.224. The van der Waals surface area contributed by atoms with Gasteiger partial charge >= 0.3 is 6.16 Å². The third-order valence-electron chi connectivity index (χ3n) is 4.39. The topological polar surface area (TPSA) is 38.8 Å². The molecule has 0 aliphatic rings. The molecule has 0 saturated carbocycles. The zero-order valence-electron chi connectivity index (χ0n) is 16.1. The number of hydrogen-bond acceptors (Lipinski definition) is 4. The summed E-state index contributed by atoms with van der Waals surface area (Å²) in [6.07, 6.45) is -0.152. The van der Waals surface area contributed by atoms with Crippen LogP contribution >= 0.6 is 0 Å². The van der Waals surface area contributed by atoms with Crippen LogP contribution in [0.5, 0.6) is 5.75 Å². The maximum absolute atomic E-state index is 12.1. The molecule has 0 bridgehead atoms. The number of likely N-dealkylation sites (N-methyl/N-ethyl adjacent to an activating group) is 1. The van der Waals surface area contributed by atoms with Crippen LogP contribution in [0.3, 0.4) is 0 Å². The number of anilines is 1. The summed E-state index contributed by atoms with van der Waals surface area (Å²) in [6, 6.07) is 17.7. The first-order valence-corrected chi connectivity index (χ1v) is 9.31. The van der Waals surface area contributed by atoms with Crippen LogP contribution in [0.1, 0.15) is 45.6 Å². The van der Waals surface area contributed by atoms with E-state index in [1.807, 2.05) is 37.3 Å². The predicted octanol–water partition coefficient (Wildman–Crippen LogP) is 5.63. The van der Waals surface area contributed by atoms with E-state index < -0.39 is 6.16 Å². The highest BCUT2D eigenvalue weighted by atomic mass is 16.7. The second-order valence-corrected chi connectivity index (χ2v) is 6.60. The Morgan fingerprint density at radius 1 is 1.00 bits per heavy atom. The van der Waals surface area contributed by atoms with Gasteiger partial charge in [-0.1, -0.05) is 51.1 Å². The van der Waals surface area contributed by atoms with Gasteiger partial charge in [0.05, 0.1) is 6.54 Å². The Bertz CT molecular complexity index is 668. The van der Waals surface area contributed by atoms with Crippen molar-refractivity contribution in [2.24, 2.45) is 0 Å². The highest BCUT2D eigenvalue weighted by molar-refractivity contribution is 5.64. The van der Waals surface area contributed by atoms with E-state index >= 15 is 0 Å². The molecule has 0 N–H and O–H groups in total. The molecule has 0 aromatic heterocycles. The molecule has 0 aliphatic carbocycles. The molecule has 26 heavy (non-hydrogen) atoms. The van der Waals surface area contributed by atoms with Gasteiger partial charge < -0.3 is 14.4 Å². The van der Waals surface area contributed by atoms with Crippen molar-refractivity contribution in [2.75, 3.05) is 18.0 Å². The smallest absolute Gasteiger partial charge is 0.429 e. The highest BCUT2D eigenvalue weighted by Crippen LogP contribution is 2.20. The quantitative estimate of drug-likeness (QED) is 0.454. The van der Waals surface area contributed by atoms with Crippen LogP contribution < -0.4 is 9.64 Å². The summed E-state index contributed by atoms with van der Waals surface area (Å²) in [5.41, 5.74) is 2.33. The molecule has 0 fully saturated rings. The highest BCUT2D eigenvalue weighted by Gasteiger charge is 2.18. The van der Waals surface area contributed by atoms with Crippen LogP contribution in [0.25, 0.3) is 0 Å². The lowest BCUT2D eigenvalue weighted by molar-refractivity contribution is 0.0594. The largest absolute Gasteiger partial charge is 0.514 e. The van der Waals surface area contributed by atoms with E-state index in [9.17, 15) is 4.79 Å². The summed E-state index contributed by atoms with van der Waals surface area (Å²) in [7, 11) is 0. The van der Waals surface area contributed by atoms with Gasteiger partial charge in [-0.15, -0.1) is 0 Å². The van der Waals surface area contributed by atoms with Crippen LogP contribution in [0.4, 0.5) is 10.5 Å². The standard InChI is InChI=1S/C22H29NO3/c1-5-20(16-23(6-2)19-10-8-7-9-11-19)25-22(24)26-21-14-12-18(13-15-21)17(3)4/h7-15,17,20H,5-6,16H2,1-4H3. The first-order valence-electron chi connectivity index (χ1n) is 9.31. The fraction of sp³-hybridized carbons (Fsp3) is 0.409. The minimum Gasteiger partial charge on any atom is -0.429 e. The molecule has 0 aliphatic heterocycles. The van der Waals surface area contributed by atoms with Crippen molar-refractivity contribution in [3.63, 3.8) is 0 Å². The maximum atomic E-state index is 12.1. The maximum Gasteiger partial charge on any atom is 0.514 e. The normalized spacial score (nSPS) is 11.9. The molecule has 0 spiro atoms. The first kappa shape index (κ1) is 19.8. The lowest BCUT2D eigenvalue weighted by atomic mass is 10.0. The Morgan fingerprint density at radius 2 is 1.65 bits per heavy atom. The van der Waals surface area contributed by atoms with E-state index in [1.165, 1.54) is 5.56 Å². The lowest BCUT2D eigenvalue weighted by Crippen LogP contribution is -2.35. The summed E-state index contributed by atoms with van der Waals surface area (Å²) >= 11 is 0. The van der Waals surface area contributed by atoms with Gasteiger partial charge in [0.1, 0.15) is 11.9 Å². The number of para-hydroxylation sites is 1. The van der Waals surface area contributed by atoms with Gasteiger partial charge in [0.25, 0.3) is 0 Å². The zero-order valence-corrected chi connectivity index (χ0v) is 16.1. The molecule has 0 radical (unpaired) electrons. The third-order valence-corrected chi connectivity index (χ3v) is 4.39. The second-order valence-electron chi connectivity index (χ2n) is 6.60. The van der Waals surface area contributed by atoms with Crippen molar-refractivity contribution in [1.29, 1.82) is 0 Å². The molecule has 140 valence electrons. The van der Waals surface area contributed by atoms with Gasteiger partial charge in [-0.25, -0.2) is 4.79 Å². The van der Waals surface area contributed by atoms with Gasteiger partial charge in [-0.3, -0.25) is 0 Å². The zero-order chi connectivity index (χ0) is 18.9. The van der Waals surface area contributed by atoms with Crippen molar-refractivity contribution in [2.45, 2.75) is 46.1 Å². The van der Waals surface area contributed by atoms with Crippen molar-refractivity contribution in [1.82, 2.24) is 0 Å². The van der Waals surface area contributed by atoms with Gasteiger partial charge in [-0.05, 0) is 49.1 Å². The molecule has 0 saturated heterocycles. The van der Waals surface area contributed by atoms with Crippen molar-refractivity contribution < 1.29 is 14.3 Å². The molecular weight excluding hydrogens is 326 g/mol. The Labute approximate surface area is 156 Å². The summed E-state index contributed by atoms with van der Waals surface area (Å²) in [5, 5.41) is 0. The molecule has 1 unspecified atom stereocenters. The van der Waals surface area contributed by atoms with Crippen LogP contribution in [-0.4, -0.2) is 25.3 Å². The number of rotatable bonds is 8. The molecule has 4 nitrogen and oxygen atoms in total. The van der Waals surface area contributed by atoms with Crippen LogP contribution in [0.2, 0.25) is 0 Å². The summed E-state index contributed by atoms with van der Waals surface area (Å²) in [4.78, 5) is 14.3. The molecule has 4 heteroatoms. The van der Waals surface area contributed by atoms with E-state index in [0.717, 1.165) is 18.7 Å². The third kappa shape index (κ3) is 5.80. The molecule has 1 atom stereocenters. The molecular formula is C22H29NO3. The summed E-state index contributed by atoms with van der Waals surface area (Å²) in [6.45, 7) is 9.83. The summed E-state index contributed by atoms with van der Waals surface area (Å²) < 4.78 is 10.9. The first-order chi connectivity index (χ1) is 12.5. The second kappa shape index (κ2) is 9.85. The van der Waals surface area contributed by atoms with Gasteiger partial charge in [0.15, 0.2) is 0 Å². The van der Waals surface area contributed by atoms with E-state index in [-0.39, 0.29) is 6.10 Å². The van der Waals surface area contributed by atoms with Crippen LogP contribution in [0.15, 0.2) is 54.6 Å². The predicted molar refractivity (Wildman–Crippen MR) is 106 cm³/mol. The van der Waals surface area contributed by atoms with E-state index in [4.69, 9.17) is 9.47 Å². The Balaban J connectivity index is 1.92. The van der Waals surface area contributed by atoms with Gasteiger partial charge in [-0.2, -0.15) is 0 Å². The van der Waals surface area contributed by atoms with E-state index in [2.05, 4.69) is 37.8 Å². The fourth-order valence-electron chi connectivity index (χ4n) is 2.73. The summed E-state index contributed by atoms with van der Waals surface area (Å²) in [5.74, 6) is 0.947. The van der Waals surface area contributed by atoms with Crippen LogP contribution in [-0.2, 0) is 4.74 Å². The average Bonchev–Trinajstić information content (AvgIpc) is 2.66. The van der Waals surface area contributed by atoms with Crippen molar-refractivity contribution in [3.05, 3.63) is 60.2 Å². The van der Waals surface area contributed by atoms with E-state index in [0.29, 0.717) is 18.2 Å². The fourth-order valence-corrected chi connectivity index (χ4v) is 2.73. The molecule has 2 rings (SSSR count).